The first-order valence-corrected chi connectivity index (χ1v) is 7.04. The topological polar surface area (TPSA) is 66.9 Å². The Morgan fingerprint density at radius 1 is 1.40 bits per heavy atom. The number of rotatable bonds is 3. The average molecular weight is 291 g/mol. The second kappa shape index (κ2) is 5.63. The molecular formula is C14H15ClN4O. The van der Waals surface area contributed by atoms with Crippen molar-refractivity contribution in [2.45, 2.75) is 12.8 Å². The first-order valence-electron chi connectivity index (χ1n) is 6.66. The predicted molar refractivity (Wildman–Crippen MR) is 78.8 cm³/mol. The van der Waals surface area contributed by atoms with Crippen molar-refractivity contribution < 1.29 is 4.79 Å². The largest absolute Gasteiger partial charge is 0.368 e. The molecule has 1 aromatic heterocycles. The van der Waals surface area contributed by atoms with E-state index in [0.717, 1.165) is 30.4 Å². The molecule has 2 aromatic rings. The third-order valence-corrected chi connectivity index (χ3v) is 3.67. The molecule has 5 nitrogen and oxygen atoms in total. The van der Waals surface area contributed by atoms with Crippen LogP contribution in [0.3, 0.4) is 0 Å². The van der Waals surface area contributed by atoms with Gasteiger partial charge in [-0.05, 0) is 31.0 Å². The second-order valence-corrected chi connectivity index (χ2v) is 5.34. The van der Waals surface area contributed by atoms with Crippen LogP contribution in [-0.2, 0) is 4.79 Å². The molecular weight excluding hydrogens is 276 g/mol. The van der Waals surface area contributed by atoms with Crippen molar-refractivity contribution >= 4 is 34.4 Å². The molecule has 0 bridgehead atoms. The minimum absolute atomic E-state index is 0.00599. The highest BCUT2D eigenvalue weighted by Crippen LogP contribution is 2.18. The molecule has 0 radical (unpaired) electrons. The standard InChI is InChI=1S/C14H15ClN4O/c15-10-3-4-11-12(6-10)17-8-13(19-11)18-7-9-2-1-5-16-14(9)20/h3-4,6,8-9H,1-2,5,7H2,(H,16,20)(H,18,19). The molecule has 20 heavy (non-hydrogen) atoms. The summed E-state index contributed by atoms with van der Waals surface area (Å²) in [6.07, 6.45) is 3.61. The van der Waals surface area contributed by atoms with Crippen molar-refractivity contribution in [3.63, 3.8) is 0 Å². The van der Waals surface area contributed by atoms with Gasteiger partial charge in [0.05, 0.1) is 23.1 Å². The number of nitrogens with one attached hydrogen (secondary N) is 2. The molecule has 0 spiro atoms. The number of aromatic nitrogens is 2. The summed E-state index contributed by atoms with van der Waals surface area (Å²) in [5, 5.41) is 6.70. The zero-order valence-electron chi connectivity index (χ0n) is 10.9. The van der Waals surface area contributed by atoms with Gasteiger partial charge < -0.3 is 10.6 Å². The molecule has 3 rings (SSSR count). The number of hydrogen-bond donors (Lipinski definition) is 2. The van der Waals surface area contributed by atoms with Crippen molar-refractivity contribution in [1.29, 1.82) is 0 Å². The highest BCUT2D eigenvalue weighted by Gasteiger charge is 2.21. The third kappa shape index (κ3) is 2.82. The van der Waals surface area contributed by atoms with Gasteiger partial charge in [-0.2, -0.15) is 0 Å². The fourth-order valence-electron chi connectivity index (χ4n) is 2.33. The van der Waals surface area contributed by atoms with E-state index in [9.17, 15) is 4.79 Å². The molecule has 0 aliphatic carbocycles. The Hall–Kier alpha value is -1.88. The van der Waals surface area contributed by atoms with Crippen LogP contribution >= 0.6 is 11.6 Å². The lowest BCUT2D eigenvalue weighted by Crippen LogP contribution is -2.39. The van der Waals surface area contributed by atoms with E-state index in [1.165, 1.54) is 0 Å². The van der Waals surface area contributed by atoms with Gasteiger partial charge in [-0.15, -0.1) is 0 Å². The van der Waals surface area contributed by atoms with E-state index < -0.39 is 0 Å². The second-order valence-electron chi connectivity index (χ2n) is 4.90. The molecule has 104 valence electrons. The molecule has 1 aliphatic heterocycles. The fraction of sp³-hybridized carbons (Fsp3) is 0.357. The number of hydrogen-bond acceptors (Lipinski definition) is 4. The zero-order chi connectivity index (χ0) is 13.9. The van der Waals surface area contributed by atoms with Crippen molar-refractivity contribution in [2.24, 2.45) is 5.92 Å². The van der Waals surface area contributed by atoms with Crippen LogP contribution in [0.15, 0.2) is 24.4 Å². The number of amides is 1. The molecule has 1 aliphatic rings. The number of carbonyl (C=O) groups is 1. The highest BCUT2D eigenvalue weighted by atomic mass is 35.5. The molecule has 2 N–H and O–H groups in total. The maximum Gasteiger partial charge on any atom is 0.224 e. The van der Waals surface area contributed by atoms with Gasteiger partial charge in [-0.25, -0.2) is 4.98 Å². The summed E-state index contributed by atoms with van der Waals surface area (Å²) in [5.74, 6) is 0.800. The molecule has 1 fully saturated rings. The average Bonchev–Trinajstić information content (AvgIpc) is 2.46. The smallest absolute Gasteiger partial charge is 0.224 e. The fourth-order valence-corrected chi connectivity index (χ4v) is 2.49. The maximum atomic E-state index is 11.7. The lowest BCUT2D eigenvalue weighted by atomic mass is 9.99. The Morgan fingerprint density at radius 2 is 2.30 bits per heavy atom. The number of halogens is 1. The summed E-state index contributed by atoms with van der Waals surface area (Å²) in [4.78, 5) is 20.4. The molecule has 0 saturated carbocycles. The van der Waals surface area contributed by atoms with E-state index in [-0.39, 0.29) is 11.8 Å². The van der Waals surface area contributed by atoms with Gasteiger partial charge in [0, 0.05) is 18.1 Å². The molecule has 2 heterocycles. The quantitative estimate of drug-likeness (QED) is 0.909. The summed E-state index contributed by atoms with van der Waals surface area (Å²) in [7, 11) is 0. The SMILES string of the molecule is O=C1NCCCC1CNc1cnc2cc(Cl)ccc2n1. The summed E-state index contributed by atoms with van der Waals surface area (Å²) in [6.45, 7) is 1.37. The number of nitrogens with zero attached hydrogens (tertiary/aromatic N) is 2. The molecule has 1 unspecified atom stereocenters. The minimum Gasteiger partial charge on any atom is -0.368 e. The molecule has 1 amide bonds. The van der Waals surface area contributed by atoms with Gasteiger partial charge in [0.1, 0.15) is 5.82 Å². The van der Waals surface area contributed by atoms with Crippen LogP contribution in [0.25, 0.3) is 11.0 Å². The van der Waals surface area contributed by atoms with E-state index >= 15 is 0 Å². The first kappa shape index (κ1) is 13.1. The van der Waals surface area contributed by atoms with Crippen molar-refractivity contribution in [3.8, 4) is 0 Å². The van der Waals surface area contributed by atoms with Gasteiger partial charge in [-0.3, -0.25) is 9.78 Å². The lowest BCUT2D eigenvalue weighted by molar-refractivity contribution is -0.126. The molecule has 1 atom stereocenters. The highest BCUT2D eigenvalue weighted by molar-refractivity contribution is 6.31. The van der Waals surface area contributed by atoms with E-state index in [1.54, 1.807) is 18.3 Å². The molecule has 6 heteroatoms. The summed E-state index contributed by atoms with van der Waals surface area (Å²) < 4.78 is 0. The summed E-state index contributed by atoms with van der Waals surface area (Å²) in [6, 6.07) is 5.41. The Morgan fingerprint density at radius 3 is 3.15 bits per heavy atom. The predicted octanol–water partition coefficient (Wildman–Crippen LogP) is 2.22. The zero-order valence-corrected chi connectivity index (χ0v) is 11.7. The van der Waals surface area contributed by atoms with Gasteiger partial charge in [-0.1, -0.05) is 11.6 Å². The van der Waals surface area contributed by atoms with Gasteiger partial charge in [0.2, 0.25) is 5.91 Å². The normalized spacial score (nSPS) is 18.9. The van der Waals surface area contributed by atoms with E-state index in [4.69, 9.17) is 11.6 Å². The van der Waals surface area contributed by atoms with Crippen LogP contribution in [0, 0.1) is 5.92 Å². The van der Waals surface area contributed by atoms with Crippen LogP contribution in [0.5, 0.6) is 0 Å². The lowest BCUT2D eigenvalue weighted by Gasteiger charge is -2.22. The van der Waals surface area contributed by atoms with Crippen molar-refractivity contribution in [3.05, 3.63) is 29.4 Å². The van der Waals surface area contributed by atoms with Gasteiger partial charge in [0.25, 0.3) is 0 Å². The van der Waals surface area contributed by atoms with Crippen LogP contribution < -0.4 is 10.6 Å². The number of carbonyl (C=O) groups excluding carboxylic acids is 1. The number of benzene rings is 1. The Bertz CT molecular complexity index is 646. The maximum absolute atomic E-state index is 11.7. The third-order valence-electron chi connectivity index (χ3n) is 3.43. The summed E-state index contributed by atoms with van der Waals surface area (Å²) >= 11 is 5.91. The van der Waals surface area contributed by atoms with Crippen LogP contribution in [0.4, 0.5) is 5.82 Å². The van der Waals surface area contributed by atoms with Gasteiger partial charge in [0.15, 0.2) is 0 Å². The van der Waals surface area contributed by atoms with E-state index in [1.807, 2.05) is 6.07 Å². The van der Waals surface area contributed by atoms with Crippen molar-refractivity contribution in [2.75, 3.05) is 18.4 Å². The van der Waals surface area contributed by atoms with Crippen LogP contribution in [-0.4, -0.2) is 29.0 Å². The summed E-state index contributed by atoms with van der Waals surface area (Å²) in [5.41, 5.74) is 1.55. The van der Waals surface area contributed by atoms with E-state index in [0.29, 0.717) is 17.4 Å². The van der Waals surface area contributed by atoms with Crippen LogP contribution in [0.2, 0.25) is 5.02 Å². The molecule has 1 saturated heterocycles. The Balaban J connectivity index is 1.71. The van der Waals surface area contributed by atoms with E-state index in [2.05, 4.69) is 20.6 Å². The van der Waals surface area contributed by atoms with Gasteiger partial charge >= 0.3 is 0 Å². The molecule has 1 aromatic carbocycles. The minimum atomic E-state index is 0.00599. The Labute approximate surface area is 121 Å². The number of anilines is 1. The number of fused-ring (bicyclic) bond motifs is 1. The number of piperidine rings is 1. The van der Waals surface area contributed by atoms with Crippen LogP contribution in [0.1, 0.15) is 12.8 Å². The monoisotopic (exact) mass is 290 g/mol. The van der Waals surface area contributed by atoms with Crippen molar-refractivity contribution in [1.82, 2.24) is 15.3 Å². The first-order chi connectivity index (χ1) is 9.72. The Kier molecular flexibility index (Phi) is 3.69.